The molecule has 0 amide bonds. The second kappa shape index (κ2) is 8.20. The van der Waals surface area contributed by atoms with Crippen molar-refractivity contribution in [3.05, 3.63) is 52.5 Å². The van der Waals surface area contributed by atoms with Crippen LogP contribution in [0.15, 0.2) is 52.3 Å². The number of nitrogens with zero attached hydrogens (tertiary/aromatic N) is 1. The number of sulfonamides is 1. The lowest BCUT2D eigenvalue weighted by atomic mass is 10.2. The highest BCUT2D eigenvalue weighted by Crippen LogP contribution is 2.32. The van der Waals surface area contributed by atoms with Gasteiger partial charge in [-0.25, -0.2) is 16.8 Å². The minimum absolute atomic E-state index is 0.0712. The fraction of sp³-hybridized carbons (Fsp3) is 0.333. The Morgan fingerprint density at radius 2 is 1.57 bits per heavy atom. The summed E-state index contributed by atoms with van der Waals surface area (Å²) < 4.78 is 57.8. The number of sulfone groups is 1. The number of hydrogen-bond acceptors (Lipinski definition) is 5. The third kappa shape index (κ3) is 4.16. The lowest BCUT2D eigenvalue weighted by Gasteiger charge is -2.31. The summed E-state index contributed by atoms with van der Waals surface area (Å²) in [6, 6.07) is 10.4. The van der Waals surface area contributed by atoms with Crippen LogP contribution in [0.5, 0.6) is 5.75 Å². The highest BCUT2D eigenvalue weighted by Gasteiger charge is 2.36. The van der Waals surface area contributed by atoms with E-state index in [4.69, 9.17) is 27.9 Å². The van der Waals surface area contributed by atoms with Crippen LogP contribution in [0.4, 0.5) is 0 Å². The average molecular weight is 464 g/mol. The van der Waals surface area contributed by atoms with Gasteiger partial charge in [0.1, 0.15) is 10.6 Å². The first-order valence-electron chi connectivity index (χ1n) is 8.49. The number of halogens is 2. The summed E-state index contributed by atoms with van der Waals surface area (Å²) in [5.74, 6) is 0.568. The van der Waals surface area contributed by atoms with Crippen molar-refractivity contribution < 1.29 is 21.6 Å². The zero-order valence-electron chi connectivity index (χ0n) is 15.0. The average Bonchev–Trinajstić information content (AvgIpc) is 2.70. The molecule has 0 saturated carbocycles. The first-order chi connectivity index (χ1) is 13.2. The van der Waals surface area contributed by atoms with Crippen molar-refractivity contribution in [3.8, 4) is 5.75 Å². The predicted molar refractivity (Wildman–Crippen MR) is 108 cm³/mol. The molecule has 0 spiro atoms. The van der Waals surface area contributed by atoms with Crippen LogP contribution in [0, 0.1) is 0 Å². The van der Waals surface area contributed by atoms with Gasteiger partial charge >= 0.3 is 0 Å². The summed E-state index contributed by atoms with van der Waals surface area (Å²) >= 11 is 11.9. The van der Waals surface area contributed by atoms with Gasteiger partial charge in [0.25, 0.3) is 0 Å². The summed E-state index contributed by atoms with van der Waals surface area (Å²) in [5.41, 5.74) is 0. The Kier molecular flexibility index (Phi) is 6.26. The Labute approximate surface area is 175 Å². The van der Waals surface area contributed by atoms with Crippen molar-refractivity contribution in [2.75, 3.05) is 20.2 Å². The summed E-state index contributed by atoms with van der Waals surface area (Å²) in [4.78, 5) is 0.130. The van der Waals surface area contributed by atoms with Gasteiger partial charge in [-0.05, 0) is 55.3 Å². The first kappa shape index (κ1) is 21.4. The molecular formula is C18H19Cl2NO5S2. The van der Waals surface area contributed by atoms with Crippen LogP contribution in [0.2, 0.25) is 10.0 Å². The Morgan fingerprint density at radius 3 is 2.14 bits per heavy atom. The molecule has 10 heteroatoms. The van der Waals surface area contributed by atoms with Gasteiger partial charge in [0.2, 0.25) is 10.0 Å². The van der Waals surface area contributed by atoms with E-state index in [9.17, 15) is 16.8 Å². The van der Waals surface area contributed by atoms with E-state index in [1.165, 1.54) is 41.7 Å². The molecule has 0 unspecified atom stereocenters. The molecule has 1 heterocycles. The van der Waals surface area contributed by atoms with Crippen LogP contribution in [0.25, 0.3) is 0 Å². The minimum atomic E-state index is -3.85. The Hall–Kier alpha value is -1.32. The van der Waals surface area contributed by atoms with Crippen LogP contribution >= 0.6 is 23.2 Å². The van der Waals surface area contributed by atoms with E-state index in [1.807, 2.05) is 0 Å². The van der Waals surface area contributed by atoms with E-state index in [1.54, 1.807) is 12.1 Å². The maximum atomic E-state index is 12.9. The molecule has 2 aromatic rings. The molecule has 0 N–H and O–H groups in total. The van der Waals surface area contributed by atoms with Crippen molar-refractivity contribution in [2.45, 2.75) is 27.9 Å². The van der Waals surface area contributed by atoms with Gasteiger partial charge in [-0.1, -0.05) is 23.2 Å². The standard InChI is InChI=1S/C18H19Cl2NO5S2/c1-26-14-3-5-15(6-4-14)27(22,23)16-8-10-21(11-9-16)28(24,25)18-12-13(19)2-7-17(18)20/h2-7,12,16H,8-11H2,1H3. The molecule has 28 heavy (non-hydrogen) atoms. The minimum Gasteiger partial charge on any atom is -0.497 e. The van der Waals surface area contributed by atoms with Crippen LogP contribution < -0.4 is 4.74 Å². The zero-order valence-corrected chi connectivity index (χ0v) is 18.2. The van der Waals surface area contributed by atoms with Gasteiger partial charge in [0, 0.05) is 18.1 Å². The van der Waals surface area contributed by atoms with Crippen LogP contribution in [-0.4, -0.2) is 46.6 Å². The molecule has 6 nitrogen and oxygen atoms in total. The van der Waals surface area contributed by atoms with E-state index in [-0.39, 0.29) is 45.8 Å². The van der Waals surface area contributed by atoms with Gasteiger partial charge in [-0.3, -0.25) is 0 Å². The van der Waals surface area contributed by atoms with Crippen molar-refractivity contribution in [3.63, 3.8) is 0 Å². The van der Waals surface area contributed by atoms with Gasteiger partial charge in [-0.15, -0.1) is 0 Å². The monoisotopic (exact) mass is 463 g/mol. The second-order valence-electron chi connectivity index (χ2n) is 6.40. The summed E-state index contributed by atoms with van der Waals surface area (Å²) in [6.07, 6.45) is 0.400. The molecule has 0 aliphatic carbocycles. The molecule has 0 radical (unpaired) electrons. The van der Waals surface area contributed by atoms with Crippen molar-refractivity contribution in [2.24, 2.45) is 0 Å². The molecule has 1 aliphatic heterocycles. The van der Waals surface area contributed by atoms with Crippen LogP contribution in [0.3, 0.4) is 0 Å². The molecule has 0 aromatic heterocycles. The normalized spacial score (nSPS) is 16.8. The predicted octanol–water partition coefficient (Wildman–Crippen LogP) is 3.63. The molecule has 1 saturated heterocycles. The smallest absolute Gasteiger partial charge is 0.244 e. The molecule has 152 valence electrons. The van der Waals surface area contributed by atoms with E-state index < -0.39 is 25.1 Å². The highest BCUT2D eigenvalue weighted by atomic mass is 35.5. The number of methoxy groups -OCH3 is 1. The lowest BCUT2D eigenvalue weighted by molar-refractivity contribution is 0.345. The summed E-state index contributed by atoms with van der Waals surface area (Å²) in [7, 11) is -5.91. The fourth-order valence-electron chi connectivity index (χ4n) is 3.15. The fourth-order valence-corrected chi connectivity index (χ4v) is 7.09. The Balaban J connectivity index is 1.77. The maximum absolute atomic E-state index is 12.9. The third-order valence-corrected chi connectivity index (χ3v) is 9.63. The molecule has 1 fully saturated rings. The summed E-state index contributed by atoms with van der Waals surface area (Å²) in [5, 5.41) is -0.306. The number of hydrogen-bond donors (Lipinski definition) is 0. The van der Waals surface area contributed by atoms with Gasteiger partial charge < -0.3 is 4.74 Å². The van der Waals surface area contributed by atoms with E-state index >= 15 is 0 Å². The Morgan fingerprint density at radius 1 is 0.964 bits per heavy atom. The van der Waals surface area contributed by atoms with E-state index in [0.29, 0.717) is 5.75 Å². The Bertz CT molecular complexity index is 1060. The first-order valence-corrected chi connectivity index (χ1v) is 12.2. The largest absolute Gasteiger partial charge is 0.497 e. The highest BCUT2D eigenvalue weighted by molar-refractivity contribution is 7.92. The summed E-state index contributed by atoms with van der Waals surface area (Å²) in [6.45, 7) is 0.177. The van der Waals surface area contributed by atoms with E-state index in [0.717, 1.165) is 0 Å². The third-order valence-electron chi connectivity index (χ3n) is 4.74. The topological polar surface area (TPSA) is 80.8 Å². The van der Waals surface area contributed by atoms with Crippen LogP contribution in [0.1, 0.15) is 12.8 Å². The quantitative estimate of drug-likeness (QED) is 0.675. The van der Waals surface area contributed by atoms with Gasteiger partial charge in [0.05, 0.1) is 22.3 Å². The number of benzene rings is 2. The van der Waals surface area contributed by atoms with Gasteiger partial charge in [0.15, 0.2) is 9.84 Å². The molecule has 2 aromatic carbocycles. The SMILES string of the molecule is COc1ccc(S(=O)(=O)C2CCN(S(=O)(=O)c3cc(Cl)ccc3Cl)CC2)cc1. The molecule has 1 aliphatic rings. The molecular weight excluding hydrogens is 445 g/mol. The number of piperidine rings is 1. The van der Waals surface area contributed by atoms with Crippen molar-refractivity contribution in [1.82, 2.24) is 4.31 Å². The van der Waals surface area contributed by atoms with Crippen molar-refractivity contribution in [1.29, 1.82) is 0 Å². The molecule has 3 rings (SSSR count). The molecule has 0 bridgehead atoms. The lowest BCUT2D eigenvalue weighted by Crippen LogP contribution is -2.42. The van der Waals surface area contributed by atoms with Crippen LogP contribution in [-0.2, 0) is 19.9 Å². The number of rotatable bonds is 5. The van der Waals surface area contributed by atoms with Crippen molar-refractivity contribution >= 4 is 43.1 Å². The number of ether oxygens (including phenoxy) is 1. The van der Waals surface area contributed by atoms with Gasteiger partial charge in [-0.2, -0.15) is 4.31 Å². The van der Waals surface area contributed by atoms with E-state index in [2.05, 4.69) is 0 Å². The maximum Gasteiger partial charge on any atom is 0.244 e. The zero-order chi connectivity index (χ0) is 20.5. The second-order valence-corrected chi connectivity index (χ2v) is 11.4. The molecule has 0 atom stereocenters.